The Balaban J connectivity index is 1.96. The third-order valence-electron chi connectivity index (χ3n) is 4.06. The van der Waals surface area contributed by atoms with Gasteiger partial charge in [-0.2, -0.15) is 0 Å². The summed E-state index contributed by atoms with van der Waals surface area (Å²) in [4.78, 5) is 2.90. The summed E-state index contributed by atoms with van der Waals surface area (Å²) in [5.74, 6) is 3.08. The molecule has 0 N–H and O–H groups in total. The minimum Gasteiger partial charge on any atom is -0.495 e. The number of allylic oxidation sites excluding steroid dienone is 2. The lowest BCUT2D eigenvalue weighted by Crippen LogP contribution is -2.20. The maximum absolute atomic E-state index is 5.90. The van der Waals surface area contributed by atoms with Crippen molar-refractivity contribution in [1.29, 1.82) is 0 Å². The first kappa shape index (κ1) is 15.6. The van der Waals surface area contributed by atoms with Crippen LogP contribution >= 0.6 is 22.7 Å². The van der Waals surface area contributed by atoms with E-state index in [0.717, 1.165) is 24.4 Å². The highest BCUT2D eigenvalue weighted by Crippen LogP contribution is 2.48. The van der Waals surface area contributed by atoms with E-state index in [1.165, 1.54) is 9.75 Å². The van der Waals surface area contributed by atoms with E-state index in [0.29, 0.717) is 25.0 Å². The molecule has 0 amide bonds. The van der Waals surface area contributed by atoms with Crippen molar-refractivity contribution in [3.63, 3.8) is 0 Å². The van der Waals surface area contributed by atoms with Gasteiger partial charge in [0.25, 0.3) is 0 Å². The molecule has 22 heavy (non-hydrogen) atoms. The van der Waals surface area contributed by atoms with Gasteiger partial charge in [0.2, 0.25) is 0 Å². The second-order valence-electron chi connectivity index (χ2n) is 5.36. The van der Waals surface area contributed by atoms with Crippen molar-refractivity contribution < 1.29 is 9.47 Å². The average Bonchev–Trinajstić information content (AvgIpc) is 3.22. The fourth-order valence-corrected chi connectivity index (χ4v) is 4.93. The van der Waals surface area contributed by atoms with Gasteiger partial charge in [-0.05, 0) is 36.7 Å². The van der Waals surface area contributed by atoms with Gasteiger partial charge in [-0.1, -0.05) is 12.1 Å². The van der Waals surface area contributed by atoms with Crippen molar-refractivity contribution in [1.82, 2.24) is 0 Å². The maximum Gasteiger partial charge on any atom is 0.134 e. The van der Waals surface area contributed by atoms with Crippen molar-refractivity contribution >= 4 is 22.7 Å². The SMILES string of the molecule is CCOC1=C(OCC)CC(c2cccs2)C(c2cccs2)C1. The second-order valence-corrected chi connectivity index (χ2v) is 7.32. The molecule has 3 rings (SSSR count). The van der Waals surface area contributed by atoms with E-state index >= 15 is 0 Å². The number of rotatable bonds is 6. The summed E-state index contributed by atoms with van der Waals surface area (Å²) < 4.78 is 11.8. The molecule has 0 aliphatic heterocycles. The van der Waals surface area contributed by atoms with E-state index in [4.69, 9.17) is 9.47 Å². The van der Waals surface area contributed by atoms with E-state index in [1.807, 2.05) is 36.5 Å². The maximum atomic E-state index is 5.90. The molecular weight excluding hydrogens is 312 g/mol. The van der Waals surface area contributed by atoms with Crippen LogP contribution in [0.2, 0.25) is 0 Å². The summed E-state index contributed by atoms with van der Waals surface area (Å²) in [5, 5.41) is 4.34. The third-order valence-corrected chi connectivity index (χ3v) is 6.07. The molecule has 2 aromatic rings. The van der Waals surface area contributed by atoms with E-state index in [-0.39, 0.29) is 0 Å². The molecule has 0 saturated carbocycles. The molecule has 2 atom stereocenters. The zero-order valence-electron chi connectivity index (χ0n) is 13.1. The van der Waals surface area contributed by atoms with Crippen molar-refractivity contribution in [2.24, 2.45) is 0 Å². The molecule has 1 aliphatic rings. The predicted molar refractivity (Wildman–Crippen MR) is 93.6 cm³/mol. The quantitative estimate of drug-likeness (QED) is 0.669. The van der Waals surface area contributed by atoms with E-state index < -0.39 is 0 Å². The molecule has 118 valence electrons. The van der Waals surface area contributed by atoms with Gasteiger partial charge >= 0.3 is 0 Å². The third kappa shape index (κ3) is 3.23. The molecule has 0 bridgehead atoms. The first-order chi connectivity index (χ1) is 10.8. The van der Waals surface area contributed by atoms with Gasteiger partial charge in [-0.15, -0.1) is 22.7 Å². The Kier molecular flexibility index (Phi) is 5.21. The number of thiophene rings is 2. The van der Waals surface area contributed by atoms with Gasteiger partial charge in [0, 0.05) is 34.4 Å². The van der Waals surface area contributed by atoms with Crippen LogP contribution in [-0.2, 0) is 9.47 Å². The molecule has 0 fully saturated rings. The minimum absolute atomic E-state index is 0.490. The normalized spacial score (nSPS) is 21.9. The summed E-state index contributed by atoms with van der Waals surface area (Å²) in [6, 6.07) is 8.80. The fraction of sp³-hybridized carbons (Fsp3) is 0.444. The highest BCUT2D eigenvalue weighted by Gasteiger charge is 2.35. The van der Waals surface area contributed by atoms with Crippen LogP contribution in [0.25, 0.3) is 0 Å². The predicted octanol–water partition coefficient (Wildman–Crippen LogP) is 5.76. The van der Waals surface area contributed by atoms with E-state index in [1.54, 1.807) is 0 Å². The van der Waals surface area contributed by atoms with Gasteiger partial charge in [0.05, 0.1) is 13.2 Å². The summed E-state index contributed by atoms with van der Waals surface area (Å²) in [7, 11) is 0. The first-order valence-corrected chi connectivity index (χ1v) is 9.63. The molecule has 2 heterocycles. The Hall–Kier alpha value is -1.26. The fourth-order valence-electron chi connectivity index (χ4n) is 3.14. The van der Waals surface area contributed by atoms with Crippen molar-refractivity contribution in [2.45, 2.75) is 38.5 Å². The number of hydrogen-bond donors (Lipinski definition) is 0. The molecule has 2 unspecified atom stereocenters. The molecule has 2 nitrogen and oxygen atoms in total. The highest BCUT2D eigenvalue weighted by molar-refractivity contribution is 7.10. The Morgan fingerprint density at radius 3 is 1.64 bits per heavy atom. The van der Waals surface area contributed by atoms with Gasteiger partial charge in [0.1, 0.15) is 11.5 Å². The minimum atomic E-state index is 0.490. The summed E-state index contributed by atoms with van der Waals surface area (Å²) in [5.41, 5.74) is 0. The topological polar surface area (TPSA) is 18.5 Å². The zero-order chi connectivity index (χ0) is 15.4. The first-order valence-electron chi connectivity index (χ1n) is 7.87. The van der Waals surface area contributed by atoms with Crippen LogP contribution in [0.4, 0.5) is 0 Å². The second kappa shape index (κ2) is 7.34. The molecular formula is C18H22O2S2. The zero-order valence-corrected chi connectivity index (χ0v) is 14.7. The highest BCUT2D eigenvalue weighted by atomic mass is 32.1. The molecule has 1 aliphatic carbocycles. The van der Waals surface area contributed by atoms with Crippen LogP contribution in [0.1, 0.15) is 48.3 Å². The van der Waals surface area contributed by atoms with Crippen LogP contribution < -0.4 is 0 Å². The lowest BCUT2D eigenvalue weighted by molar-refractivity contribution is 0.132. The van der Waals surface area contributed by atoms with Crippen LogP contribution in [0, 0.1) is 0 Å². The average molecular weight is 335 g/mol. The molecule has 4 heteroatoms. The van der Waals surface area contributed by atoms with Gasteiger partial charge in [0.15, 0.2) is 0 Å². The smallest absolute Gasteiger partial charge is 0.134 e. The number of hydrogen-bond acceptors (Lipinski definition) is 4. The van der Waals surface area contributed by atoms with Crippen LogP contribution in [0.15, 0.2) is 46.5 Å². The van der Waals surface area contributed by atoms with Gasteiger partial charge in [-0.25, -0.2) is 0 Å². The van der Waals surface area contributed by atoms with E-state index in [2.05, 4.69) is 35.0 Å². The summed E-state index contributed by atoms with van der Waals surface area (Å²) in [6.07, 6.45) is 1.87. The molecule has 0 saturated heterocycles. The lowest BCUT2D eigenvalue weighted by Gasteiger charge is -2.33. The van der Waals surface area contributed by atoms with Crippen LogP contribution in [-0.4, -0.2) is 13.2 Å². The molecule has 0 spiro atoms. The van der Waals surface area contributed by atoms with Crippen LogP contribution in [0.5, 0.6) is 0 Å². The van der Waals surface area contributed by atoms with Gasteiger partial charge < -0.3 is 9.47 Å². The Morgan fingerprint density at radius 1 is 0.864 bits per heavy atom. The standard InChI is InChI=1S/C18H22O2S2/c1-3-19-15-11-13(17-7-5-9-21-17)14(12-16(15)20-4-2)18-8-6-10-22-18/h5-10,13-14H,3-4,11-12H2,1-2H3. The van der Waals surface area contributed by atoms with E-state index in [9.17, 15) is 0 Å². The summed E-state index contributed by atoms with van der Waals surface area (Å²) in [6.45, 7) is 5.49. The van der Waals surface area contributed by atoms with Crippen molar-refractivity contribution in [3.05, 3.63) is 56.3 Å². The Labute approximate surface area is 140 Å². The Bertz CT molecular complexity index is 545. The van der Waals surface area contributed by atoms with Crippen molar-refractivity contribution in [3.8, 4) is 0 Å². The Morgan fingerprint density at radius 2 is 1.32 bits per heavy atom. The van der Waals surface area contributed by atoms with Crippen molar-refractivity contribution in [2.75, 3.05) is 13.2 Å². The number of ether oxygens (including phenoxy) is 2. The largest absolute Gasteiger partial charge is 0.495 e. The monoisotopic (exact) mass is 334 g/mol. The summed E-state index contributed by atoms with van der Waals surface area (Å²) >= 11 is 3.70. The van der Waals surface area contributed by atoms with Gasteiger partial charge in [-0.3, -0.25) is 0 Å². The van der Waals surface area contributed by atoms with Crippen LogP contribution in [0.3, 0.4) is 0 Å². The molecule has 2 aromatic heterocycles. The molecule has 0 aromatic carbocycles. The molecule has 0 radical (unpaired) electrons. The lowest BCUT2D eigenvalue weighted by atomic mass is 9.79.